The summed E-state index contributed by atoms with van der Waals surface area (Å²) in [6, 6.07) is 13.3. The first-order valence-corrected chi connectivity index (χ1v) is 9.60. The molecule has 0 aliphatic rings. The number of methoxy groups -OCH3 is 1. The van der Waals surface area contributed by atoms with Crippen molar-refractivity contribution >= 4 is 17.6 Å². The second kappa shape index (κ2) is 10.4. The Hall–Kier alpha value is -3.98. The van der Waals surface area contributed by atoms with Crippen molar-refractivity contribution in [1.29, 1.82) is 0 Å². The van der Waals surface area contributed by atoms with Gasteiger partial charge in [-0.1, -0.05) is 18.2 Å². The second-order valence-electron chi connectivity index (χ2n) is 6.78. The number of halogens is 1. The zero-order chi connectivity index (χ0) is 23.1. The van der Waals surface area contributed by atoms with E-state index in [1.807, 2.05) is 0 Å². The lowest BCUT2D eigenvalue weighted by atomic mass is 10.2. The molecule has 1 heterocycles. The molecule has 0 spiro atoms. The maximum absolute atomic E-state index is 13.8. The van der Waals surface area contributed by atoms with Gasteiger partial charge >= 0.3 is 5.97 Å². The van der Waals surface area contributed by atoms with Crippen molar-refractivity contribution < 1.29 is 28.6 Å². The van der Waals surface area contributed by atoms with E-state index >= 15 is 0 Å². The number of aliphatic hydroxyl groups is 1. The van der Waals surface area contributed by atoms with Crippen LogP contribution < -0.4 is 15.5 Å². The molecule has 32 heavy (non-hydrogen) atoms. The topological polar surface area (TPSA) is 107 Å². The maximum Gasteiger partial charge on any atom is 0.337 e. The van der Waals surface area contributed by atoms with E-state index in [0.717, 1.165) is 6.07 Å². The number of esters is 1. The number of benzene rings is 2. The van der Waals surface area contributed by atoms with E-state index < -0.39 is 29.7 Å². The van der Waals surface area contributed by atoms with Crippen molar-refractivity contribution in [2.24, 2.45) is 0 Å². The number of aromatic nitrogens is 1. The summed E-state index contributed by atoms with van der Waals surface area (Å²) in [5.41, 5.74) is 0.776. The van der Waals surface area contributed by atoms with Crippen LogP contribution in [0.25, 0.3) is 0 Å². The SMILES string of the molecule is COC(=O)c1ccc(NC(=O)Cn2cc(OCc3ccccc3F)c(=O)cc2CO)cc1. The third-order valence-corrected chi connectivity index (χ3v) is 4.59. The molecule has 0 saturated heterocycles. The van der Waals surface area contributed by atoms with Crippen molar-refractivity contribution in [2.45, 2.75) is 19.8 Å². The first-order valence-electron chi connectivity index (χ1n) is 9.60. The largest absolute Gasteiger partial charge is 0.483 e. The first-order chi connectivity index (χ1) is 15.4. The van der Waals surface area contributed by atoms with Gasteiger partial charge in [0.05, 0.1) is 25.5 Å². The molecule has 0 bridgehead atoms. The highest BCUT2D eigenvalue weighted by atomic mass is 19.1. The number of nitrogens with one attached hydrogen (secondary N) is 1. The molecule has 166 valence electrons. The number of carbonyl (C=O) groups is 2. The quantitative estimate of drug-likeness (QED) is 0.521. The van der Waals surface area contributed by atoms with E-state index in [4.69, 9.17) is 4.74 Å². The molecule has 2 N–H and O–H groups in total. The van der Waals surface area contributed by atoms with Crippen LogP contribution in [-0.4, -0.2) is 28.7 Å². The Labute approximate surface area is 182 Å². The minimum atomic E-state index is -0.500. The number of amides is 1. The van der Waals surface area contributed by atoms with Crippen molar-refractivity contribution in [3.05, 3.63) is 93.7 Å². The number of ether oxygens (including phenoxy) is 2. The molecule has 3 aromatic rings. The van der Waals surface area contributed by atoms with Crippen LogP contribution in [0.2, 0.25) is 0 Å². The van der Waals surface area contributed by atoms with E-state index in [9.17, 15) is 23.9 Å². The summed E-state index contributed by atoms with van der Waals surface area (Å²) >= 11 is 0. The number of hydrogen-bond acceptors (Lipinski definition) is 6. The van der Waals surface area contributed by atoms with Crippen LogP contribution in [0.5, 0.6) is 5.75 Å². The summed E-state index contributed by atoms with van der Waals surface area (Å²) in [5.74, 6) is -1.47. The highest BCUT2D eigenvalue weighted by Crippen LogP contribution is 2.14. The van der Waals surface area contributed by atoms with Gasteiger partial charge in [-0.3, -0.25) is 9.59 Å². The Bertz CT molecular complexity index is 1170. The average molecular weight is 440 g/mol. The highest BCUT2D eigenvalue weighted by Gasteiger charge is 2.12. The van der Waals surface area contributed by atoms with Crippen LogP contribution in [0.3, 0.4) is 0 Å². The number of hydrogen-bond donors (Lipinski definition) is 2. The molecule has 1 aromatic heterocycles. The van der Waals surface area contributed by atoms with Crippen molar-refractivity contribution in [2.75, 3.05) is 12.4 Å². The van der Waals surface area contributed by atoms with Crippen LogP contribution in [0, 0.1) is 5.82 Å². The summed E-state index contributed by atoms with van der Waals surface area (Å²) in [7, 11) is 1.27. The van der Waals surface area contributed by atoms with Gasteiger partial charge in [0, 0.05) is 23.0 Å². The lowest BCUT2D eigenvalue weighted by Crippen LogP contribution is -2.23. The van der Waals surface area contributed by atoms with Gasteiger partial charge in [-0.15, -0.1) is 0 Å². The molecule has 0 fully saturated rings. The number of anilines is 1. The number of pyridine rings is 1. The van der Waals surface area contributed by atoms with Crippen LogP contribution in [0.4, 0.5) is 10.1 Å². The third kappa shape index (κ3) is 5.58. The Morgan fingerprint density at radius 2 is 1.84 bits per heavy atom. The number of aliphatic hydroxyl groups excluding tert-OH is 1. The molecular formula is C23H21FN2O6. The smallest absolute Gasteiger partial charge is 0.337 e. The normalized spacial score (nSPS) is 10.5. The van der Waals surface area contributed by atoms with E-state index in [1.165, 1.54) is 42.1 Å². The second-order valence-corrected chi connectivity index (χ2v) is 6.78. The minimum Gasteiger partial charge on any atom is -0.483 e. The van der Waals surface area contributed by atoms with E-state index in [1.54, 1.807) is 24.3 Å². The monoisotopic (exact) mass is 440 g/mol. The highest BCUT2D eigenvalue weighted by molar-refractivity contribution is 5.93. The molecule has 0 radical (unpaired) electrons. The fraction of sp³-hybridized carbons (Fsp3) is 0.174. The Kier molecular flexibility index (Phi) is 7.35. The van der Waals surface area contributed by atoms with Gasteiger partial charge in [0.2, 0.25) is 11.3 Å². The van der Waals surface area contributed by atoms with Gasteiger partial charge < -0.3 is 24.5 Å². The minimum absolute atomic E-state index is 0.0827. The fourth-order valence-corrected chi connectivity index (χ4v) is 2.92. The summed E-state index contributed by atoms with van der Waals surface area (Å²) < 4.78 is 25.2. The average Bonchev–Trinajstić information content (AvgIpc) is 2.79. The zero-order valence-corrected chi connectivity index (χ0v) is 17.2. The zero-order valence-electron chi connectivity index (χ0n) is 17.2. The Balaban J connectivity index is 1.72. The van der Waals surface area contributed by atoms with Crippen molar-refractivity contribution in [1.82, 2.24) is 4.57 Å². The first kappa shape index (κ1) is 22.7. The molecule has 0 saturated carbocycles. The molecule has 0 atom stereocenters. The van der Waals surface area contributed by atoms with Gasteiger partial charge in [0.25, 0.3) is 0 Å². The van der Waals surface area contributed by atoms with Crippen LogP contribution in [-0.2, 0) is 29.3 Å². The molecule has 0 aliphatic carbocycles. The summed E-state index contributed by atoms with van der Waals surface area (Å²) in [6.07, 6.45) is 1.30. The maximum atomic E-state index is 13.8. The van der Waals surface area contributed by atoms with Gasteiger partial charge in [-0.25, -0.2) is 9.18 Å². The lowest BCUT2D eigenvalue weighted by Gasteiger charge is -2.15. The molecule has 1 amide bonds. The predicted octanol–water partition coefficient (Wildman–Crippen LogP) is 2.48. The molecule has 9 heteroatoms. The van der Waals surface area contributed by atoms with E-state index in [2.05, 4.69) is 10.1 Å². The summed E-state index contributed by atoms with van der Waals surface area (Å²) in [5, 5.41) is 12.2. The fourth-order valence-electron chi connectivity index (χ4n) is 2.92. The summed E-state index contributed by atoms with van der Waals surface area (Å²) in [4.78, 5) is 36.2. The Morgan fingerprint density at radius 1 is 1.12 bits per heavy atom. The number of nitrogens with zero attached hydrogens (tertiary/aromatic N) is 1. The predicted molar refractivity (Wildman–Crippen MR) is 114 cm³/mol. The molecule has 0 aliphatic heterocycles. The molecule has 3 rings (SSSR count). The van der Waals surface area contributed by atoms with Crippen molar-refractivity contribution in [3.8, 4) is 5.75 Å². The Morgan fingerprint density at radius 3 is 2.50 bits per heavy atom. The number of rotatable bonds is 8. The standard InChI is InChI=1S/C23H21FN2O6/c1-31-23(30)15-6-8-17(9-7-15)25-22(29)12-26-11-21(20(28)10-18(26)13-27)32-14-16-4-2-3-5-19(16)24/h2-11,27H,12-14H2,1H3,(H,25,29). The van der Waals surface area contributed by atoms with Gasteiger partial charge in [0.15, 0.2) is 5.75 Å². The molecule has 0 unspecified atom stereocenters. The molecule has 2 aromatic carbocycles. The molecular weight excluding hydrogens is 419 g/mol. The molecule has 8 nitrogen and oxygen atoms in total. The third-order valence-electron chi connectivity index (χ3n) is 4.59. The van der Waals surface area contributed by atoms with E-state index in [0.29, 0.717) is 11.3 Å². The van der Waals surface area contributed by atoms with Gasteiger partial charge in [-0.05, 0) is 30.3 Å². The summed E-state index contributed by atoms with van der Waals surface area (Å²) in [6.45, 7) is -0.853. The van der Waals surface area contributed by atoms with Crippen LogP contribution in [0.15, 0.2) is 65.6 Å². The lowest BCUT2D eigenvalue weighted by molar-refractivity contribution is -0.116. The van der Waals surface area contributed by atoms with Crippen molar-refractivity contribution in [3.63, 3.8) is 0 Å². The van der Waals surface area contributed by atoms with Gasteiger partial charge in [-0.2, -0.15) is 0 Å². The van der Waals surface area contributed by atoms with Crippen LogP contribution >= 0.6 is 0 Å². The van der Waals surface area contributed by atoms with Gasteiger partial charge in [0.1, 0.15) is 19.0 Å². The number of carbonyl (C=O) groups excluding carboxylic acids is 2. The van der Waals surface area contributed by atoms with E-state index in [-0.39, 0.29) is 30.2 Å². The van der Waals surface area contributed by atoms with Crippen LogP contribution in [0.1, 0.15) is 21.6 Å².